The van der Waals surface area contributed by atoms with Gasteiger partial charge < -0.3 is 30.1 Å². The molecule has 0 aliphatic carbocycles. The molecule has 0 aliphatic rings. The fourth-order valence-corrected chi connectivity index (χ4v) is 5.90. The summed E-state index contributed by atoms with van der Waals surface area (Å²) in [6, 6.07) is 34.2. The van der Waals surface area contributed by atoms with E-state index in [0.717, 1.165) is 45.0 Å². The topological polar surface area (TPSA) is 46.0 Å². The minimum absolute atomic E-state index is 0. The molecular weight excluding hydrogens is 715 g/mol. The van der Waals surface area contributed by atoms with E-state index in [4.69, 9.17) is 15.6 Å². The molecule has 45 heavy (non-hydrogen) atoms. The van der Waals surface area contributed by atoms with E-state index in [9.17, 15) is 0 Å². The van der Waals surface area contributed by atoms with E-state index in [1.807, 2.05) is 6.07 Å². The molecule has 0 saturated heterocycles. The first kappa shape index (κ1) is 35.8. The number of imidazole rings is 1. The van der Waals surface area contributed by atoms with Crippen LogP contribution in [-0.4, -0.2) is 9.55 Å². The van der Waals surface area contributed by atoms with E-state index < -0.39 is 0 Å². The second kappa shape index (κ2) is 15.1. The van der Waals surface area contributed by atoms with E-state index in [1.165, 1.54) is 27.5 Å². The van der Waals surface area contributed by atoms with Gasteiger partial charge in [0, 0.05) is 12.6 Å². The van der Waals surface area contributed by atoms with Gasteiger partial charge in [-0.1, -0.05) is 141 Å². The third kappa shape index (κ3) is 6.94. The Bertz CT molecular complexity index is 1870. The van der Waals surface area contributed by atoms with Gasteiger partial charge in [0.15, 0.2) is 0 Å². The summed E-state index contributed by atoms with van der Waals surface area (Å²) in [6.07, 6.45) is 0. The normalized spacial score (nSPS) is 10.8. The standard InChI is InChI=1S/C38H38N4.2CH3.Hf/c1-24(2)29-16-11-17-30(25(3)4)36(29)40-33-19-12-20-34-37(33)41-38(42(34)6)35-28(22-21-27-14-8-9-15-31(27)35)23-39-32-18-10-7-13-26(32)5;;;/h7-22,24-25H,23H2,1-6H3;2*1H3;/q-2;2*-1;+4. The van der Waals surface area contributed by atoms with Crippen molar-refractivity contribution < 1.29 is 25.8 Å². The number of nitrogens with zero attached hydrogens (tertiary/aromatic N) is 4. The minimum Gasteiger partial charge on any atom is -0.680 e. The molecule has 6 rings (SSSR count). The Hall–Kier alpha value is -3.70. The van der Waals surface area contributed by atoms with Gasteiger partial charge in [-0.05, 0) is 35.6 Å². The molecule has 1 heterocycles. The molecule has 4 nitrogen and oxygen atoms in total. The molecule has 0 radical (unpaired) electrons. The van der Waals surface area contributed by atoms with Crippen LogP contribution in [0.3, 0.4) is 0 Å². The third-order valence-corrected chi connectivity index (χ3v) is 8.24. The van der Waals surface area contributed by atoms with Crippen LogP contribution in [0.4, 0.5) is 17.1 Å². The van der Waals surface area contributed by atoms with Gasteiger partial charge in [0.05, 0.1) is 11.0 Å². The maximum atomic E-state index is 5.34. The monoisotopic (exact) mass is 760 g/mol. The zero-order valence-corrected chi connectivity index (χ0v) is 31.5. The van der Waals surface area contributed by atoms with Crippen molar-refractivity contribution in [2.24, 2.45) is 7.05 Å². The number of aromatic nitrogens is 2. The maximum absolute atomic E-state index is 5.34. The van der Waals surface area contributed by atoms with Crippen LogP contribution in [0.1, 0.15) is 61.8 Å². The number of rotatable bonds is 8. The van der Waals surface area contributed by atoms with Gasteiger partial charge in [-0.25, -0.2) is 4.98 Å². The fraction of sp³-hybridized carbons (Fsp3) is 0.225. The van der Waals surface area contributed by atoms with Gasteiger partial charge >= 0.3 is 25.8 Å². The molecule has 1 aromatic heterocycles. The Balaban J connectivity index is 0.00000184. The summed E-state index contributed by atoms with van der Waals surface area (Å²) < 4.78 is 2.21. The molecule has 0 fully saturated rings. The van der Waals surface area contributed by atoms with Crippen LogP contribution in [0.15, 0.2) is 97.1 Å². The molecule has 5 aromatic carbocycles. The zero-order chi connectivity index (χ0) is 29.4. The van der Waals surface area contributed by atoms with Crippen molar-refractivity contribution in [2.75, 3.05) is 0 Å². The van der Waals surface area contributed by atoms with Crippen molar-refractivity contribution in [2.45, 2.75) is 53.0 Å². The van der Waals surface area contributed by atoms with Gasteiger partial charge in [-0.3, -0.25) is 0 Å². The average Bonchev–Trinajstić information content (AvgIpc) is 3.32. The molecule has 0 saturated carbocycles. The summed E-state index contributed by atoms with van der Waals surface area (Å²) in [5.74, 6) is 1.67. The first-order chi connectivity index (χ1) is 20.3. The predicted octanol–water partition coefficient (Wildman–Crippen LogP) is 12.4. The molecule has 0 atom stereocenters. The second-order valence-corrected chi connectivity index (χ2v) is 11.8. The van der Waals surface area contributed by atoms with Crippen molar-refractivity contribution >= 4 is 38.9 Å². The van der Waals surface area contributed by atoms with Gasteiger partial charge in [0.2, 0.25) is 0 Å². The van der Waals surface area contributed by atoms with Crippen molar-refractivity contribution in [1.29, 1.82) is 0 Å². The molecule has 0 spiro atoms. The van der Waals surface area contributed by atoms with Crippen molar-refractivity contribution in [3.63, 3.8) is 0 Å². The van der Waals surface area contributed by atoms with Gasteiger partial charge in [0.25, 0.3) is 0 Å². The number of aryl methyl sites for hydroxylation is 2. The first-order valence-corrected chi connectivity index (χ1v) is 14.9. The maximum Gasteiger partial charge on any atom is 4.00 e. The third-order valence-electron chi connectivity index (χ3n) is 8.24. The summed E-state index contributed by atoms with van der Waals surface area (Å²) in [5, 5.41) is 12.7. The predicted molar refractivity (Wildman–Crippen MR) is 192 cm³/mol. The van der Waals surface area contributed by atoms with Crippen LogP contribution in [0.5, 0.6) is 0 Å². The van der Waals surface area contributed by atoms with E-state index in [1.54, 1.807) is 0 Å². The van der Waals surface area contributed by atoms with Gasteiger partial charge in [0.1, 0.15) is 5.82 Å². The summed E-state index contributed by atoms with van der Waals surface area (Å²) in [5.41, 5.74) is 11.0. The van der Waals surface area contributed by atoms with Crippen LogP contribution in [0.2, 0.25) is 0 Å². The van der Waals surface area contributed by atoms with Crippen LogP contribution in [-0.2, 0) is 39.4 Å². The number of hydrogen-bond donors (Lipinski definition) is 0. The molecule has 0 unspecified atom stereocenters. The Labute approximate surface area is 289 Å². The van der Waals surface area contributed by atoms with Gasteiger partial charge in [-0.2, -0.15) is 0 Å². The minimum atomic E-state index is 0. The van der Waals surface area contributed by atoms with Crippen LogP contribution < -0.4 is 0 Å². The Morgan fingerprint density at radius 1 is 0.711 bits per heavy atom. The zero-order valence-electron chi connectivity index (χ0n) is 27.9. The van der Waals surface area contributed by atoms with E-state index in [-0.39, 0.29) is 40.7 Å². The quantitative estimate of drug-likeness (QED) is 0.113. The summed E-state index contributed by atoms with van der Waals surface area (Å²) in [7, 11) is 2.11. The average molecular weight is 759 g/mol. The molecule has 6 aromatic rings. The second-order valence-electron chi connectivity index (χ2n) is 11.8. The molecule has 228 valence electrons. The van der Waals surface area contributed by atoms with Crippen LogP contribution in [0.25, 0.3) is 43.8 Å². The number of fused-ring (bicyclic) bond motifs is 2. The molecule has 5 heteroatoms. The summed E-state index contributed by atoms with van der Waals surface area (Å²) >= 11 is 0. The van der Waals surface area contributed by atoms with Crippen molar-refractivity contribution in [1.82, 2.24) is 9.55 Å². The smallest absolute Gasteiger partial charge is 0.680 e. The SMILES string of the molecule is Cc1ccccc1[N-]Cc1ccc2ccccc2c1-c1nc2c([N-]c3c(C(C)C)cccc3C(C)C)cccc2n1C.[CH3-].[CH3-].[Hf+4]. The Kier molecular flexibility index (Phi) is 12.0. The van der Waals surface area contributed by atoms with Gasteiger partial charge in [-0.15, -0.1) is 23.6 Å². The Morgan fingerprint density at radius 2 is 1.33 bits per heavy atom. The van der Waals surface area contributed by atoms with E-state index in [2.05, 4.69) is 137 Å². The summed E-state index contributed by atoms with van der Waals surface area (Å²) in [6.45, 7) is 11.6. The number of benzene rings is 5. The summed E-state index contributed by atoms with van der Waals surface area (Å²) in [4.78, 5) is 5.34. The largest absolute Gasteiger partial charge is 4.00 e. The van der Waals surface area contributed by atoms with Crippen LogP contribution >= 0.6 is 0 Å². The molecular formula is C40H44HfN4. The molecule has 0 N–H and O–H groups in total. The Morgan fingerprint density at radius 3 is 2.02 bits per heavy atom. The first-order valence-electron chi connectivity index (χ1n) is 14.9. The van der Waals surface area contributed by atoms with Crippen molar-refractivity contribution in [3.8, 4) is 11.4 Å². The van der Waals surface area contributed by atoms with Crippen molar-refractivity contribution in [3.05, 3.63) is 145 Å². The number of para-hydroxylation sites is 3. The number of hydrogen-bond acceptors (Lipinski definition) is 1. The fourth-order valence-electron chi connectivity index (χ4n) is 5.90. The van der Waals surface area contributed by atoms with E-state index >= 15 is 0 Å². The molecule has 0 amide bonds. The molecule has 0 aliphatic heterocycles. The molecule has 0 bridgehead atoms. The van der Waals surface area contributed by atoms with E-state index in [0.29, 0.717) is 18.4 Å². The van der Waals surface area contributed by atoms with Crippen LogP contribution in [0, 0.1) is 21.8 Å².